The summed E-state index contributed by atoms with van der Waals surface area (Å²) in [5.41, 5.74) is 0.0457. The summed E-state index contributed by atoms with van der Waals surface area (Å²) in [7, 11) is 0. The summed E-state index contributed by atoms with van der Waals surface area (Å²) in [6.45, 7) is 3.41. The number of carboxylic acid groups (broad SMARTS) is 1. The van der Waals surface area contributed by atoms with Gasteiger partial charge in [-0.3, -0.25) is 4.79 Å². The van der Waals surface area contributed by atoms with Gasteiger partial charge in [0.25, 0.3) is 0 Å². The van der Waals surface area contributed by atoms with Gasteiger partial charge in [-0.2, -0.15) is 0 Å². The van der Waals surface area contributed by atoms with Crippen molar-refractivity contribution in [3.05, 3.63) is 47.3 Å². The predicted octanol–water partition coefficient (Wildman–Crippen LogP) is 2.17. The number of amides is 1. The number of hydrogen-bond acceptors (Lipinski definition) is 2. The molecule has 1 aromatic carbocycles. The Bertz CT molecular complexity index is 484. The Balaban J connectivity index is 2.74. The zero-order valence-corrected chi connectivity index (χ0v) is 10.8. The summed E-state index contributed by atoms with van der Waals surface area (Å²) >= 11 is 5.78. The Kier molecular flexibility index (Phi) is 5.51. The second kappa shape index (κ2) is 6.89. The molecule has 1 aromatic rings. The van der Waals surface area contributed by atoms with Gasteiger partial charge in [0, 0.05) is 10.6 Å². The minimum Gasteiger partial charge on any atom is -0.480 e. The summed E-state index contributed by atoms with van der Waals surface area (Å²) in [6.07, 6.45) is 1.16. The molecule has 1 amide bonds. The quantitative estimate of drug-likeness (QED) is 0.787. The molecule has 0 saturated carbocycles. The van der Waals surface area contributed by atoms with Crippen LogP contribution in [0.5, 0.6) is 0 Å². The lowest BCUT2D eigenvalue weighted by atomic mass is 10.1. The van der Waals surface area contributed by atoms with Crippen molar-refractivity contribution in [2.75, 3.05) is 0 Å². The minimum atomic E-state index is -1.17. The van der Waals surface area contributed by atoms with Gasteiger partial charge in [0.1, 0.15) is 11.9 Å². The molecule has 0 heterocycles. The number of hydrogen-bond donors (Lipinski definition) is 2. The molecule has 0 aromatic heterocycles. The Morgan fingerprint density at radius 2 is 2.21 bits per heavy atom. The van der Waals surface area contributed by atoms with Crippen LogP contribution in [0.1, 0.15) is 12.0 Å². The van der Waals surface area contributed by atoms with Crippen molar-refractivity contribution >= 4 is 23.5 Å². The number of carbonyl (C=O) groups excluding carboxylic acids is 1. The van der Waals surface area contributed by atoms with Crippen LogP contribution in [0.4, 0.5) is 4.39 Å². The molecule has 0 fully saturated rings. The van der Waals surface area contributed by atoms with E-state index in [-0.39, 0.29) is 23.4 Å². The van der Waals surface area contributed by atoms with Crippen LogP contribution in [0.3, 0.4) is 0 Å². The third-order valence-electron chi connectivity index (χ3n) is 2.43. The van der Waals surface area contributed by atoms with Gasteiger partial charge in [0.2, 0.25) is 5.91 Å². The molecule has 6 heteroatoms. The van der Waals surface area contributed by atoms with E-state index in [9.17, 15) is 14.0 Å². The lowest BCUT2D eigenvalue weighted by Gasteiger charge is -2.13. The van der Waals surface area contributed by atoms with Gasteiger partial charge >= 0.3 is 5.97 Å². The Morgan fingerprint density at radius 1 is 1.53 bits per heavy atom. The first-order valence-electron chi connectivity index (χ1n) is 5.51. The van der Waals surface area contributed by atoms with Gasteiger partial charge < -0.3 is 10.4 Å². The fourth-order valence-corrected chi connectivity index (χ4v) is 1.73. The Hall–Kier alpha value is -1.88. The van der Waals surface area contributed by atoms with Gasteiger partial charge in [-0.05, 0) is 18.6 Å². The maximum absolute atomic E-state index is 13.5. The molecule has 0 radical (unpaired) electrons. The predicted molar refractivity (Wildman–Crippen MR) is 69.5 cm³/mol. The highest BCUT2D eigenvalue weighted by Gasteiger charge is 2.19. The second-order valence-electron chi connectivity index (χ2n) is 3.86. The lowest BCUT2D eigenvalue weighted by Crippen LogP contribution is -2.41. The lowest BCUT2D eigenvalue weighted by molar-refractivity contribution is -0.141. The van der Waals surface area contributed by atoms with Crippen LogP contribution in [0.15, 0.2) is 30.9 Å². The van der Waals surface area contributed by atoms with Crippen molar-refractivity contribution in [3.8, 4) is 0 Å². The number of halogens is 2. The number of aliphatic carboxylic acids is 1. The molecule has 0 saturated heterocycles. The number of rotatable bonds is 6. The normalized spacial score (nSPS) is 11.7. The molecule has 1 rings (SSSR count). The van der Waals surface area contributed by atoms with Crippen molar-refractivity contribution in [2.24, 2.45) is 0 Å². The zero-order valence-electron chi connectivity index (χ0n) is 10.0. The average molecular weight is 286 g/mol. The van der Waals surface area contributed by atoms with Crippen LogP contribution >= 0.6 is 11.6 Å². The number of carbonyl (C=O) groups is 2. The molecule has 102 valence electrons. The SMILES string of the molecule is C=CCC(NC(=O)Cc1c(F)cccc1Cl)C(=O)O. The molecule has 0 spiro atoms. The average Bonchev–Trinajstić information content (AvgIpc) is 2.33. The third-order valence-corrected chi connectivity index (χ3v) is 2.79. The van der Waals surface area contributed by atoms with E-state index in [0.29, 0.717) is 0 Å². The van der Waals surface area contributed by atoms with E-state index in [2.05, 4.69) is 11.9 Å². The van der Waals surface area contributed by atoms with E-state index in [1.54, 1.807) is 0 Å². The first-order chi connectivity index (χ1) is 8.95. The molecular weight excluding hydrogens is 273 g/mol. The largest absolute Gasteiger partial charge is 0.480 e. The standard InChI is InChI=1S/C13H13ClFNO3/c1-2-4-11(13(18)19)16-12(17)7-8-9(14)5-3-6-10(8)15/h2-3,5-6,11H,1,4,7H2,(H,16,17)(H,18,19). The number of carboxylic acids is 1. The maximum Gasteiger partial charge on any atom is 0.326 e. The van der Waals surface area contributed by atoms with Gasteiger partial charge in [-0.15, -0.1) is 6.58 Å². The fraction of sp³-hybridized carbons (Fsp3) is 0.231. The van der Waals surface area contributed by atoms with E-state index in [1.807, 2.05) is 0 Å². The minimum absolute atomic E-state index is 0.0457. The van der Waals surface area contributed by atoms with Gasteiger partial charge in [0.05, 0.1) is 6.42 Å². The molecule has 1 unspecified atom stereocenters. The Morgan fingerprint density at radius 3 is 2.74 bits per heavy atom. The van der Waals surface area contributed by atoms with Crippen molar-refractivity contribution in [1.82, 2.24) is 5.32 Å². The molecule has 0 aliphatic heterocycles. The molecule has 0 aliphatic rings. The van der Waals surface area contributed by atoms with E-state index in [1.165, 1.54) is 24.3 Å². The van der Waals surface area contributed by atoms with E-state index in [4.69, 9.17) is 16.7 Å². The van der Waals surface area contributed by atoms with E-state index in [0.717, 1.165) is 0 Å². The molecular formula is C13H13ClFNO3. The molecule has 19 heavy (non-hydrogen) atoms. The summed E-state index contributed by atoms with van der Waals surface area (Å²) in [5, 5.41) is 11.3. The van der Waals surface area contributed by atoms with Crippen LogP contribution in [0.25, 0.3) is 0 Å². The smallest absolute Gasteiger partial charge is 0.326 e. The molecule has 2 N–H and O–H groups in total. The first kappa shape index (κ1) is 15.2. The third kappa shape index (κ3) is 4.37. The van der Waals surface area contributed by atoms with Crippen molar-refractivity contribution < 1.29 is 19.1 Å². The number of nitrogens with one attached hydrogen (secondary N) is 1. The zero-order chi connectivity index (χ0) is 14.4. The van der Waals surface area contributed by atoms with Crippen molar-refractivity contribution in [1.29, 1.82) is 0 Å². The summed E-state index contributed by atoms with van der Waals surface area (Å²) in [5.74, 6) is -2.38. The highest BCUT2D eigenvalue weighted by molar-refractivity contribution is 6.31. The van der Waals surface area contributed by atoms with Gasteiger partial charge in [-0.25, -0.2) is 9.18 Å². The van der Waals surface area contributed by atoms with Crippen LogP contribution in [-0.4, -0.2) is 23.0 Å². The highest BCUT2D eigenvalue weighted by atomic mass is 35.5. The highest BCUT2D eigenvalue weighted by Crippen LogP contribution is 2.19. The van der Waals surface area contributed by atoms with Gasteiger partial charge in [-0.1, -0.05) is 23.7 Å². The summed E-state index contributed by atoms with van der Waals surface area (Å²) in [4.78, 5) is 22.5. The molecule has 0 aliphatic carbocycles. The fourth-order valence-electron chi connectivity index (χ4n) is 1.50. The summed E-state index contributed by atoms with van der Waals surface area (Å²) in [6, 6.07) is 3.01. The molecule has 0 bridgehead atoms. The topological polar surface area (TPSA) is 66.4 Å². The summed E-state index contributed by atoms with van der Waals surface area (Å²) < 4.78 is 13.5. The van der Waals surface area contributed by atoms with Crippen molar-refractivity contribution in [3.63, 3.8) is 0 Å². The van der Waals surface area contributed by atoms with Crippen LogP contribution in [0.2, 0.25) is 5.02 Å². The number of benzene rings is 1. The molecule has 1 atom stereocenters. The maximum atomic E-state index is 13.5. The van der Waals surface area contributed by atoms with E-state index < -0.39 is 23.7 Å². The van der Waals surface area contributed by atoms with Crippen LogP contribution < -0.4 is 5.32 Å². The van der Waals surface area contributed by atoms with Gasteiger partial charge in [0.15, 0.2) is 0 Å². The van der Waals surface area contributed by atoms with E-state index >= 15 is 0 Å². The Labute approximate surface area is 114 Å². The monoisotopic (exact) mass is 285 g/mol. The molecule has 4 nitrogen and oxygen atoms in total. The van der Waals surface area contributed by atoms with Crippen LogP contribution in [0, 0.1) is 5.82 Å². The second-order valence-corrected chi connectivity index (χ2v) is 4.27. The van der Waals surface area contributed by atoms with Crippen molar-refractivity contribution in [2.45, 2.75) is 18.9 Å². The first-order valence-corrected chi connectivity index (χ1v) is 5.89. The van der Waals surface area contributed by atoms with Crippen LogP contribution in [-0.2, 0) is 16.0 Å².